The molecule has 2 rings (SSSR count). The first kappa shape index (κ1) is 19.2. The highest BCUT2D eigenvalue weighted by atomic mass is 127. The molecule has 2 aromatic carbocycles. The maximum atomic E-state index is 12.6. The second-order valence-electron chi connectivity index (χ2n) is 6.62. The number of amides is 1. The van der Waals surface area contributed by atoms with E-state index >= 15 is 0 Å². The molecule has 0 saturated carbocycles. The van der Waals surface area contributed by atoms with Gasteiger partial charge >= 0.3 is 5.97 Å². The lowest BCUT2D eigenvalue weighted by molar-refractivity contribution is 0.0600. The van der Waals surface area contributed by atoms with Crippen molar-refractivity contribution in [1.29, 1.82) is 0 Å². The van der Waals surface area contributed by atoms with Crippen LogP contribution in [-0.2, 0) is 10.2 Å². The third-order valence-electron chi connectivity index (χ3n) is 3.75. The van der Waals surface area contributed by atoms with Gasteiger partial charge in [0.2, 0.25) is 0 Å². The average Bonchev–Trinajstić information content (AvgIpc) is 2.55. The number of rotatable bonds is 3. The van der Waals surface area contributed by atoms with Crippen molar-refractivity contribution in [2.45, 2.75) is 26.2 Å². The standard InChI is InChI=1S/C19H20INO4/c1-19(2,3)12-6-8-16(22)13(10-12)17(23)21-15-7-5-11(9-14(15)20)18(24)25-4/h5-10,22H,1-4H3,(H,21,23). The molecule has 0 spiro atoms. The molecule has 0 aromatic heterocycles. The lowest BCUT2D eigenvalue weighted by atomic mass is 9.86. The Morgan fingerprint density at radius 1 is 1.12 bits per heavy atom. The molecule has 1 amide bonds. The van der Waals surface area contributed by atoms with Gasteiger partial charge in [-0.3, -0.25) is 4.79 Å². The topological polar surface area (TPSA) is 75.6 Å². The summed E-state index contributed by atoms with van der Waals surface area (Å²) in [5, 5.41) is 12.8. The van der Waals surface area contributed by atoms with Crippen LogP contribution in [0.25, 0.3) is 0 Å². The SMILES string of the molecule is COC(=O)c1ccc(NC(=O)c2cc(C(C)(C)C)ccc2O)c(I)c1. The van der Waals surface area contributed by atoms with Gasteiger partial charge in [-0.15, -0.1) is 0 Å². The molecule has 25 heavy (non-hydrogen) atoms. The highest BCUT2D eigenvalue weighted by Gasteiger charge is 2.19. The van der Waals surface area contributed by atoms with Crippen molar-refractivity contribution < 1.29 is 19.4 Å². The molecular weight excluding hydrogens is 433 g/mol. The van der Waals surface area contributed by atoms with Gasteiger partial charge in [-0.1, -0.05) is 26.8 Å². The highest BCUT2D eigenvalue weighted by molar-refractivity contribution is 14.1. The summed E-state index contributed by atoms with van der Waals surface area (Å²) < 4.78 is 5.37. The maximum Gasteiger partial charge on any atom is 0.337 e. The van der Waals surface area contributed by atoms with E-state index in [1.807, 2.05) is 43.4 Å². The largest absolute Gasteiger partial charge is 0.507 e. The van der Waals surface area contributed by atoms with Gasteiger partial charge in [0, 0.05) is 3.57 Å². The van der Waals surface area contributed by atoms with Crippen LogP contribution in [0.4, 0.5) is 5.69 Å². The van der Waals surface area contributed by atoms with Gasteiger partial charge in [-0.25, -0.2) is 4.79 Å². The Labute approximate surface area is 160 Å². The van der Waals surface area contributed by atoms with Gasteiger partial charge < -0.3 is 15.2 Å². The summed E-state index contributed by atoms with van der Waals surface area (Å²) in [6, 6.07) is 9.88. The number of hydrogen-bond donors (Lipinski definition) is 2. The van der Waals surface area contributed by atoms with E-state index in [9.17, 15) is 14.7 Å². The minimum absolute atomic E-state index is 0.0771. The van der Waals surface area contributed by atoms with E-state index in [2.05, 4.69) is 10.1 Å². The summed E-state index contributed by atoms with van der Waals surface area (Å²) in [5.74, 6) is -0.926. The number of aromatic hydroxyl groups is 1. The third-order valence-corrected chi connectivity index (χ3v) is 4.64. The second kappa shape index (κ2) is 7.43. The van der Waals surface area contributed by atoms with Gasteiger partial charge in [0.15, 0.2) is 0 Å². The van der Waals surface area contributed by atoms with Crippen LogP contribution >= 0.6 is 22.6 Å². The monoisotopic (exact) mass is 453 g/mol. The van der Waals surface area contributed by atoms with Gasteiger partial charge in [-0.05, 0) is 63.9 Å². The molecule has 0 aliphatic carbocycles. The Bertz CT molecular complexity index is 825. The first-order valence-electron chi connectivity index (χ1n) is 7.66. The number of carbonyl (C=O) groups is 2. The lowest BCUT2D eigenvalue weighted by Gasteiger charge is -2.20. The zero-order chi connectivity index (χ0) is 18.8. The number of halogens is 1. The smallest absolute Gasteiger partial charge is 0.337 e. The maximum absolute atomic E-state index is 12.6. The Kier molecular flexibility index (Phi) is 5.72. The number of anilines is 1. The zero-order valence-corrected chi connectivity index (χ0v) is 16.7. The quantitative estimate of drug-likeness (QED) is 0.536. The number of benzene rings is 2. The van der Waals surface area contributed by atoms with Crippen molar-refractivity contribution in [3.05, 3.63) is 56.7 Å². The summed E-state index contributed by atoms with van der Waals surface area (Å²) in [7, 11) is 1.32. The molecule has 2 aromatic rings. The van der Waals surface area contributed by atoms with Gasteiger partial charge in [0.1, 0.15) is 5.75 Å². The molecule has 0 saturated heterocycles. The van der Waals surface area contributed by atoms with E-state index in [1.165, 1.54) is 13.2 Å². The highest BCUT2D eigenvalue weighted by Crippen LogP contribution is 2.28. The fourth-order valence-electron chi connectivity index (χ4n) is 2.24. The number of nitrogens with one attached hydrogen (secondary N) is 1. The Balaban J connectivity index is 2.30. The molecule has 0 unspecified atom stereocenters. The molecule has 5 nitrogen and oxygen atoms in total. The van der Waals surface area contributed by atoms with Crippen LogP contribution in [-0.4, -0.2) is 24.1 Å². The van der Waals surface area contributed by atoms with Crippen LogP contribution in [0.3, 0.4) is 0 Å². The Morgan fingerprint density at radius 3 is 2.36 bits per heavy atom. The fourth-order valence-corrected chi connectivity index (χ4v) is 2.89. The van der Waals surface area contributed by atoms with Gasteiger partial charge in [-0.2, -0.15) is 0 Å². The van der Waals surface area contributed by atoms with Crippen molar-refractivity contribution in [2.24, 2.45) is 0 Å². The molecule has 0 bridgehead atoms. The van der Waals surface area contributed by atoms with Crippen LogP contribution in [0.1, 0.15) is 47.1 Å². The molecule has 132 valence electrons. The summed E-state index contributed by atoms with van der Waals surface area (Å²) >= 11 is 2.03. The first-order chi connectivity index (χ1) is 11.6. The fraction of sp³-hybridized carbons (Fsp3) is 0.263. The summed E-state index contributed by atoms with van der Waals surface area (Å²) in [4.78, 5) is 24.1. The van der Waals surface area contributed by atoms with Crippen LogP contribution < -0.4 is 5.32 Å². The minimum atomic E-state index is -0.439. The van der Waals surface area contributed by atoms with Gasteiger partial charge in [0.25, 0.3) is 5.91 Å². The van der Waals surface area contributed by atoms with Gasteiger partial charge in [0.05, 0.1) is 23.9 Å². The van der Waals surface area contributed by atoms with E-state index in [-0.39, 0.29) is 16.7 Å². The molecule has 0 radical (unpaired) electrons. The van der Waals surface area contributed by atoms with Crippen molar-refractivity contribution >= 4 is 40.2 Å². The average molecular weight is 453 g/mol. The van der Waals surface area contributed by atoms with E-state index < -0.39 is 11.9 Å². The predicted molar refractivity (Wildman–Crippen MR) is 105 cm³/mol. The number of methoxy groups -OCH3 is 1. The molecule has 0 aliphatic heterocycles. The molecule has 6 heteroatoms. The summed E-state index contributed by atoms with van der Waals surface area (Å²) in [6.45, 7) is 6.11. The number of esters is 1. The number of carbonyl (C=O) groups excluding carboxylic acids is 2. The number of phenolic OH excluding ortho intramolecular Hbond substituents is 1. The van der Waals surface area contributed by atoms with E-state index in [1.54, 1.807) is 30.3 Å². The van der Waals surface area contributed by atoms with Crippen molar-refractivity contribution in [1.82, 2.24) is 0 Å². The number of ether oxygens (including phenoxy) is 1. The van der Waals surface area contributed by atoms with Crippen LogP contribution in [0.5, 0.6) is 5.75 Å². The minimum Gasteiger partial charge on any atom is -0.507 e. The summed E-state index contributed by atoms with van der Waals surface area (Å²) in [5.41, 5.74) is 1.98. The molecule has 0 atom stereocenters. The molecule has 0 heterocycles. The predicted octanol–water partition coefficient (Wildman–Crippen LogP) is 4.33. The molecule has 0 aliphatic rings. The van der Waals surface area contributed by atoms with Crippen molar-refractivity contribution in [2.75, 3.05) is 12.4 Å². The molecule has 0 fully saturated rings. The number of hydrogen-bond acceptors (Lipinski definition) is 4. The second-order valence-corrected chi connectivity index (χ2v) is 7.78. The van der Waals surface area contributed by atoms with Crippen LogP contribution in [0, 0.1) is 3.57 Å². The van der Waals surface area contributed by atoms with Crippen molar-refractivity contribution in [3.63, 3.8) is 0 Å². The van der Waals surface area contributed by atoms with E-state index in [0.29, 0.717) is 14.8 Å². The molecular formula is C19H20INO4. The lowest BCUT2D eigenvalue weighted by Crippen LogP contribution is -2.16. The summed E-state index contributed by atoms with van der Waals surface area (Å²) in [6.07, 6.45) is 0. The van der Waals surface area contributed by atoms with Crippen LogP contribution in [0.15, 0.2) is 36.4 Å². The normalized spacial score (nSPS) is 11.1. The Morgan fingerprint density at radius 2 is 1.80 bits per heavy atom. The first-order valence-corrected chi connectivity index (χ1v) is 8.74. The number of phenols is 1. The van der Waals surface area contributed by atoms with Crippen LogP contribution in [0.2, 0.25) is 0 Å². The van der Waals surface area contributed by atoms with Crippen molar-refractivity contribution in [3.8, 4) is 5.75 Å². The third kappa shape index (κ3) is 4.50. The van der Waals surface area contributed by atoms with E-state index in [4.69, 9.17) is 0 Å². The Hall–Kier alpha value is -2.09. The molecule has 2 N–H and O–H groups in total. The van der Waals surface area contributed by atoms with E-state index in [0.717, 1.165) is 5.56 Å². The zero-order valence-electron chi connectivity index (χ0n) is 14.5.